The molecule has 1 aromatic carbocycles. The number of carbonyl (C=O) groups is 1. The van der Waals surface area contributed by atoms with Gasteiger partial charge in [0, 0.05) is 4.88 Å². The zero-order valence-corrected chi connectivity index (χ0v) is 12.4. The fourth-order valence-corrected chi connectivity index (χ4v) is 2.45. The van der Waals surface area contributed by atoms with E-state index in [0.717, 1.165) is 16.2 Å². The molecule has 0 aliphatic carbocycles. The largest absolute Gasteiger partial charge is 0.497 e. The van der Waals surface area contributed by atoms with Crippen LogP contribution in [0.5, 0.6) is 5.75 Å². The van der Waals surface area contributed by atoms with Gasteiger partial charge in [0.15, 0.2) is 0 Å². The lowest BCUT2D eigenvalue weighted by Crippen LogP contribution is -2.36. The maximum absolute atomic E-state index is 11.8. The third-order valence-electron chi connectivity index (χ3n) is 2.97. The van der Waals surface area contributed by atoms with E-state index in [1.807, 2.05) is 48.7 Å². The predicted molar refractivity (Wildman–Crippen MR) is 81.1 cm³/mol. The van der Waals surface area contributed by atoms with Crippen LogP contribution in [0.1, 0.15) is 23.4 Å². The highest BCUT2D eigenvalue weighted by Crippen LogP contribution is 2.17. The first-order valence-corrected chi connectivity index (χ1v) is 7.27. The minimum absolute atomic E-state index is 0.0516. The maximum Gasteiger partial charge on any atom is 0.315 e. The molecule has 4 nitrogen and oxygen atoms in total. The van der Waals surface area contributed by atoms with Crippen LogP contribution >= 0.6 is 11.3 Å². The van der Waals surface area contributed by atoms with Crippen molar-refractivity contribution in [3.63, 3.8) is 0 Å². The Morgan fingerprint density at radius 3 is 2.65 bits per heavy atom. The molecular formula is C15H18N2O2S. The van der Waals surface area contributed by atoms with Gasteiger partial charge in [0.2, 0.25) is 0 Å². The number of rotatable bonds is 5. The van der Waals surface area contributed by atoms with E-state index in [-0.39, 0.29) is 12.1 Å². The number of nitrogens with one attached hydrogen (secondary N) is 2. The van der Waals surface area contributed by atoms with E-state index in [0.29, 0.717) is 6.54 Å². The van der Waals surface area contributed by atoms with Gasteiger partial charge in [-0.25, -0.2) is 4.79 Å². The first-order valence-electron chi connectivity index (χ1n) is 6.39. The van der Waals surface area contributed by atoms with Crippen LogP contribution in [0.2, 0.25) is 0 Å². The highest BCUT2D eigenvalue weighted by atomic mass is 32.1. The van der Waals surface area contributed by atoms with E-state index in [4.69, 9.17) is 4.74 Å². The van der Waals surface area contributed by atoms with Crippen molar-refractivity contribution >= 4 is 17.4 Å². The third-order valence-corrected chi connectivity index (χ3v) is 3.84. The zero-order chi connectivity index (χ0) is 14.4. The minimum atomic E-state index is -0.165. The predicted octanol–water partition coefficient (Wildman–Crippen LogP) is 3.32. The molecule has 0 saturated carbocycles. The van der Waals surface area contributed by atoms with Crippen molar-refractivity contribution in [3.8, 4) is 5.75 Å². The van der Waals surface area contributed by atoms with E-state index in [1.54, 1.807) is 18.4 Å². The number of urea groups is 1. The normalized spacial score (nSPS) is 11.7. The average molecular weight is 290 g/mol. The Labute approximate surface area is 122 Å². The summed E-state index contributed by atoms with van der Waals surface area (Å²) in [5, 5.41) is 7.75. The molecule has 1 aromatic heterocycles. The Balaban J connectivity index is 1.83. The number of amides is 2. The highest BCUT2D eigenvalue weighted by Gasteiger charge is 2.09. The lowest BCUT2D eigenvalue weighted by Gasteiger charge is -2.15. The summed E-state index contributed by atoms with van der Waals surface area (Å²) in [7, 11) is 1.63. The number of ether oxygens (including phenoxy) is 1. The summed E-state index contributed by atoms with van der Waals surface area (Å²) in [5.41, 5.74) is 1.04. The van der Waals surface area contributed by atoms with Crippen LogP contribution < -0.4 is 15.4 Å². The quantitative estimate of drug-likeness (QED) is 0.887. The van der Waals surface area contributed by atoms with Gasteiger partial charge in [-0.2, -0.15) is 0 Å². The molecule has 20 heavy (non-hydrogen) atoms. The summed E-state index contributed by atoms with van der Waals surface area (Å²) in [4.78, 5) is 12.9. The van der Waals surface area contributed by atoms with Crippen molar-refractivity contribution in [1.29, 1.82) is 0 Å². The van der Waals surface area contributed by atoms with Gasteiger partial charge in [0.05, 0.1) is 19.7 Å². The van der Waals surface area contributed by atoms with Crippen molar-refractivity contribution in [2.24, 2.45) is 0 Å². The second-order valence-electron chi connectivity index (χ2n) is 4.40. The van der Waals surface area contributed by atoms with E-state index in [9.17, 15) is 4.79 Å². The van der Waals surface area contributed by atoms with E-state index < -0.39 is 0 Å². The first kappa shape index (κ1) is 14.4. The molecule has 1 unspecified atom stereocenters. The third kappa shape index (κ3) is 3.99. The van der Waals surface area contributed by atoms with Crippen LogP contribution in [0.3, 0.4) is 0 Å². The van der Waals surface area contributed by atoms with Gasteiger partial charge in [-0.15, -0.1) is 11.3 Å². The van der Waals surface area contributed by atoms with Crippen LogP contribution in [0.25, 0.3) is 0 Å². The van der Waals surface area contributed by atoms with Gasteiger partial charge in [-0.1, -0.05) is 18.2 Å². The number of methoxy groups -OCH3 is 1. The molecule has 2 aromatic rings. The molecule has 0 radical (unpaired) electrons. The van der Waals surface area contributed by atoms with Crippen LogP contribution in [0, 0.1) is 0 Å². The molecule has 2 rings (SSSR count). The standard InChI is InChI=1S/C15H18N2O2S/c1-11(12-5-7-13(19-2)8-6-12)17-15(18)16-10-14-4-3-9-20-14/h3-9,11H,10H2,1-2H3,(H2,16,17,18). The Hall–Kier alpha value is -2.01. The van der Waals surface area contributed by atoms with E-state index >= 15 is 0 Å². The molecule has 2 amide bonds. The van der Waals surface area contributed by atoms with Gasteiger partial charge in [-0.05, 0) is 36.1 Å². The summed E-state index contributed by atoms with van der Waals surface area (Å²) < 4.78 is 5.11. The Bertz CT molecular complexity index is 538. The first-order chi connectivity index (χ1) is 9.69. The van der Waals surface area contributed by atoms with Crippen molar-refractivity contribution in [3.05, 3.63) is 52.2 Å². The Morgan fingerprint density at radius 2 is 2.05 bits per heavy atom. The SMILES string of the molecule is COc1ccc(C(C)NC(=O)NCc2cccs2)cc1. The zero-order valence-electron chi connectivity index (χ0n) is 11.6. The lowest BCUT2D eigenvalue weighted by molar-refractivity contribution is 0.237. The summed E-state index contributed by atoms with van der Waals surface area (Å²) in [6.45, 7) is 2.51. The molecule has 0 saturated heterocycles. The number of hydrogen-bond donors (Lipinski definition) is 2. The lowest BCUT2D eigenvalue weighted by atomic mass is 10.1. The summed E-state index contributed by atoms with van der Waals surface area (Å²) in [5.74, 6) is 0.808. The van der Waals surface area contributed by atoms with Crippen molar-refractivity contribution in [1.82, 2.24) is 10.6 Å². The van der Waals surface area contributed by atoms with Crippen molar-refractivity contribution < 1.29 is 9.53 Å². The second-order valence-corrected chi connectivity index (χ2v) is 5.43. The molecule has 5 heteroatoms. The Kier molecular flexibility index (Phi) is 5.01. The minimum Gasteiger partial charge on any atom is -0.497 e. The van der Waals surface area contributed by atoms with Gasteiger partial charge in [0.1, 0.15) is 5.75 Å². The fourth-order valence-electron chi connectivity index (χ4n) is 1.80. The number of benzene rings is 1. The average Bonchev–Trinajstić information content (AvgIpc) is 2.98. The highest BCUT2D eigenvalue weighted by molar-refractivity contribution is 7.09. The summed E-state index contributed by atoms with van der Waals surface area (Å²) >= 11 is 1.63. The van der Waals surface area contributed by atoms with Gasteiger partial charge in [0.25, 0.3) is 0 Å². The summed E-state index contributed by atoms with van der Waals surface area (Å²) in [6, 6.07) is 11.4. The molecule has 0 bridgehead atoms. The maximum atomic E-state index is 11.8. The van der Waals surface area contributed by atoms with E-state index in [1.165, 1.54) is 0 Å². The van der Waals surface area contributed by atoms with Crippen LogP contribution in [-0.4, -0.2) is 13.1 Å². The number of carbonyl (C=O) groups excluding carboxylic acids is 1. The fraction of sp³-hybridized carbons (Fsp3) is 0.267. The summed E-state index contributed by atoms with van der Waals surface area (Å²) in [6.07, 6.45) is 0. The van der Waals surface area contributed by atoms with Crippen LogP contribution in [0.4, 0.5) is 4.79 Å². The number of hydrogen-bond acceptors (Lipinski definition) is 3. The van der Waals surface area contributed by atoms with Gasteiger partial charge >= 0.3 is 6.03 Å². The van der Waals surface area contributed by atoms with Gasteiger partial charge in [-0.3, -0.25) is 0 Å². The van der Waals surface area contributed by atoms with Crippen LogP contribution in [-0.2, 0) is 6.54 Å². The molecule has 0 aliphatic rings. The number of thiophene rings is 1. The Morgan fingerprint density at radius 1 is 1.30 bits per heavy atom. The molecule has 1 atom stereocenters. The smallest absolute Gasteiger partial charge is 0.315 e. The molecule has 2 N–H and O–H groups in total. The molecular weight excluding hydrogens is 272 g/mol. The molecule has 0 spiro atoms. The molecule has 0 aliphatic heterocycles. The van der Waals surface area contributed by atoms with Crippen molar-refractivity contribution in [2.45, 2.75) is 19.5 Å². The molecule has 1 heterocycles. The molecule has 106 valence electrons. The monoisotopic (exact) mass is 290 g/mol. The van der Waals surface area contributed by atoms with Gasteiger partial charge < -0.3 is 15.4 Å². The second kappa shape index (κ2) is 6.96. The van der Waals surface area contributed by atoms with Crippen LogP contribution in [0.15, 0.2) is 41.8 Å². The van der Waals surface area contributed by atoms with Crippen molar-refractivity contribution in [2.75, 3.05) is 7.11 Å². The van der Waals surface area contributed by atoms with E-state index in [2.05, 4.69) is 10.6 Å². The molecule has 0 fully saturated rings. The topological polar surface area (TPSA) is 50.4 Å².